The third-order valence-electron chi connectivity index (χ3n) is 2.79. The van der Waals surface area contributed by atoms with E-state index in [1.165, 1.54) is 0 Å². The summed E-state index contributed by atoms with van der Waals surface area (Å²) in [5.74, 6) is 0.357. The van der Waals surface area contributed by atoms with Crippen molar-refractivity contribution in [3.05, 3.63) is 22.7 Å². The molecule has 1 amide bonds. The summed E-state index contributed by atoms with van der Waals surface area (Å²) in [4.78, 5) is 11.9. The Morgan fingerprint density at radius 1 is 1.56 bits per heavy atom. The van der Waals surface area contributed by atoms with Crippen molar-refractivity contribution in [1.29, 1.82) is 0 Å². The van der Waals surface area contributed by atoms with Crippen molar-refractivity contribution in [2.75, 3.05) is 19.0 Å². The van der Waals surface area contributed by atoms with Crippen molar-refractivity contribution in [1.82, 2.24) is 0 Å². The van der Waals surface area contributed by atoms with Crippen molar-refractivity contribution in [3.8, 4) is 5.75 Å². The van der Waals surface area contributed by atoms with Crippen molar-refractivity contribution in [3.63, 3.8) is 0 Å². The van der Waals surface area contributed by atoms with Crippen molar-refractivity contribution >= 4 is 23.2 Å². The van der Waals surface area contributed by atoms with Crippen LogP contribution in [0.4, 0.5) is 5.69 Å². The summed E-state index contributed by atoms with van der Waals surface area (Å²) < 4.78 is 5.20. The SMILES string of the molecule is COc1cc(Cl)c(C)cc1NC(=O)C(C)CCN. The van der Waals surface area contributed by atoms with Crippen LogP contribution in [0.1, 0.15) is 18.9 Å². The van der Waals surface area contributed by atoms with Gasteiger partial charge in [0.15, 0.2) is 0 Å². The first-order chi connectivity index (χ1) is 8.49. The molecule has 18 heavy (non-hydrogen) atoms. The average molecular weight is 271 g/mol. The van der Waals surface area contributed by atoms with E-state index in [4.69, 9.17) is 22.1 Å². The average Bonchev–Trinajstić information content (AvgIpc) is 2.33. The summed E-state index contributed by atoms with van der Waals surface area (Å²) in [6.07, 6.45) is 0.653. The molecule has 5 heteroatoms. The summed E-state index contributed by atoms with van der Waals surface area (Å²) in [6.45, 7) is 4.21. The number of nitrogens with two attached hydrogens (primary N) is 1. The van der Waals surface area contributed by atoms with Crippen LogP contribution in [-0.2, 0) is 4.79 Å². The Morgan fingerprint density at radius 3 is 2.78 bits per heavy atom. The van der Waals surface area contributed by atoms with Crippen molar-refractivity contribution < 1.29 is 9.53 Å². The number of methoxy groups -OCH3 is 1. The van der Waals surface area contributed by atoms with E-state index >= 15 is 0 Å². The Bertz CT molecular complexity index is 435. The normalized spacial score (nSPS) is 12.1. The van der Waals surface area contributed by atoms with E-state index in [2.05, 4.69) is 5.32 Å². The Labute approximate surface area is 112 Å². The first-order valence-corrected chi connectivity index (χ1v) is 6.22. The van der Waals surface area contributed by atoms with E-state index in [1.807, 2.05) is 13.8 Å². The number of hydrogen-bond donors (Lipinski definition) is 2. The van der Waals surface area contributed by atoms with Crippen LogP contribution in [-0.4, -0.2) is 19.6 Å². The fraction of sp³-hybridized carbons (Fsp3) is 0.462. The molecule has 0 aliphatic carbocycles. The van der Waals surface area contributed by atoms with Gasteiger partial charge in [-0.3, -0.25) is 4.79 Å². The number of amides is 1. The van der Waals surface area contributed by atoms with E-state index in [0.717, 1.165) is 5.56 Å². The highest BCUT2D eigenvalue weighted by atomic mass is 35.5. The summed E-state index contributed by atoms with van der Waals surface area (Å²) in [6, 6.07) is 3.49. The Balaban J connectivity index is 2.90. The third-order valence-corrected chi connectivity index (χ3v) is 3.19. The minimum atomic E-state index is -0.129. The highest BCUT2D eigenvalue weighted by molar-refractivity contribution is 6.31. The lowest BCUT2D eigenvalue weighted by molar-refractivity contribution is -0.119. The molecule has 1 aromatic carbocycles. The second kappa shape index (κ2) is 6.61. The molecule has 4 nitrogen and oxygen atoms in total. The maximum absolute atomic E-state index is 11.9. The van der Waals surface area contributed by atoms with Crippen LogP contribution in [0.15, 0.2) is 12.1 Å². The lowest BCUT2D eigenvalue weighted by Gasteiger charge is -2.15. The molecule has 0 aliphatic rings. The number of aryl methyl sites for hydroxylation is 1. The molecule has 0 heterocycles. The Hall–Kier alpha value is -1.26. The van der Waals surface area contributed by atoms with Crippen LogP contribution in [0, 0.1) is 12.8 Å². The molecule has 1 aromatic rings. The van der Waals surface area contributed by atoms with Crippen LogP contribution in [0.3, 0.4) is 0 Å². The minimum Gasteiger partial charge on any atom is -0.495 e. The Kier molecular flexibility index (Phi) is 5.44. The largest absolute Gasteiger partial charge is 0.495 e. The molecule has 3 N–H and O–H groups in total. The first kappa shape index (κ1) is 14.8. The van der Waals surface area contributed by atoms with Gasteiger partial charge in [0.2, 0.25) is 5.91 Å². The van der Waals surface area contributed by atoms with Gasteiger partial charge in [-0.05, 0) is 31.5 Å². The van der Waals surface area contributed by atoms with Crippen LogP contribution >= 0.6 is 11.6 Å². The van der Waals surface area contributed by atoms with Gasteiger partial charge >= 0.3 is 0 Å². The van der Waals surface area contributed by atoms with E-state index < -0.39 is 0 Å². The molecule has 0 spiro atoms. The fourth-order valence-electron chi connectivity index (χ4n) is 1.57. The highest BCUT2D eigenvalue weighted by Crippen LogP contribution is 2.31. The topological polar surface area (TPSA) is 64.3 Å². The quantitative estimate of drug-likeness (QED) is 0.864. The van der Waals surface area contributed by atoms with Gasteiger partial charge in [0.25, 0.3) is 0 Å². The second-order valence-electron chi connectivity index (χ2n) is 4.27. The number of halogens is 1. The van der Waals surface area contributed by atoms with E-state index in [1.54, 1.807) is 19.2 Å². The van der Waals surface area contributed by atoms with Gasteiger partial charge in [-0.1, -0.05) is 18.5 Å². The minimum absolute atomic E-state index is 0.0690. The number of carbonyl (C=O) groups is 1. The monoisotopic (exact) mass is 270 g/mol. The molecule has 100 valence electrons. The van der Waals surface area contributed by atoms with Crippen LogP contribution in [0.5, 0.6) is 5.75 Å². The lowest BCUT2D eigenvalue weighted by Crippen LogP contribution is -2.23. The van der Waals surface area contributed by atoms with Gasteiger partial charge in [0.1, 0.15) is 5.75 Å². The van der Waals surface area contributed by atoms with Gasteiger partial charge in [-0.15, -0.1) is 0 Å². The zero-order valence-electron chi connectivity index (χ0n) is 10.9. The molecular formula is C13H19ClN2O2. The van der Waals surface area contributed by atoms with Crippen molar-refractivity contribution in [2.45, 2.75) is 20.3 Å². The molecule has 0 bridgehead atoms. The molecule has 1 unspecified atom stereocenters. The maximum atomic E-state index is 11.9. The number of carbonyl (C=O) groups excluding carboxylic acids is 1. The molecule has 1 rings (SSSR count). The molecule has 0 saturated heterocycles. The third kappa shape index (κ3) is 3.62. The standard InChI is InChI=1S/C13H19ClN2O2/c1-8(4-5-15)13(17)16-11-6-9(2)10(14)7-12(11)18-3/h6-8H,4-5,15H2,1-3H3,(H,16,17). The fourth-order valence-corrected chi connectivity index (χ4v) is 1.72. The predicted octanol–water partition coefficient (Wildman–Crippen LogP) is 2.58. The number of benzene rings is 1. The molecule has 0 fully saturated rings. The van der Waals surface area contributed by atoms with Crippen LogP contribution in [0.2, 0.25) is 5.02 Å². The maximum Gasteiger partial charge on any atom is 0.227 e. The zero-order valence-corrected chi connectivity index (χ0v) is 11.7. The highest BCUT2D eigenvalue weighted by Gasteiger charge is 2.15. The summed E-state index contributed by atoms with van der Waals surface area (Å²) in [7, 11) is 1.54. The molecule has 1 atom stereocenters. The molecule has 0 radical (unpaired) electrons. The number of ether oxygens (including phenoxy) is 1. The van der Waals surface area contributed by atoms with Gasteiger partial charge in [-0.2, -0.15) is 0 Å². The molecule has 0 saturated carbocycles. The second-order valence-corrected chi connectivity index (χ2v) is 4.68. The van der Waals surface area contributed by atoms with E-state index in [0.29, 0.717) is 29.4 Å². The molecule has 0 aliphatic heterocycles. The van der Waals surface area contributed by atoms with Gasteiger partial charge < -0.3 is 15.8 Å². The summed E-state index contributed by atoms with van der Waals surface area (Å²) in [5, 5.41) is 3.45. The molecular weight excluding hydrogens is 252 g/mol. The van der Waals surface area contributed by atoms with E-state index in [9.17, 15) is 4.79 Å². The zero-order chi connectivity index (χ0) is 13.7. The smallest absolute Gasteiger partial charge is 0.227 e. The number of hydrogen-bond acceptors (Lipinski definition) is 3. The van der Waals surface area contributed by atoms with Crippen LogP contribution < -0.4 is 15.8 Å². The first-order valence-electron chi connectivity index (χ1n) is 5.84. The van der Waals surface area contributed by atoms with Gasteiger partial charge in [0.05, 0.1) is 12.8 Å². The number of rotatable bonds is 5. The van der Waals surface area contributed by atoms with E-state index in [-0.39, 0.29) is 11.8 Å². The summed E-state index contributed by atoms with van der Waals surface area (Å²) in [5.41, 5.74) is 6.96. The number of anilines is 1. The van der Waals surface area contributed by atoms with Crippen molar-refractivity contribution in [2.24, 2.45) is 11.7 Å². The number of nitrogens with one attached hydrogen (secondary N) is 1. The lowest BCUT2D eigenvalue weighted by atomic mass is 10.1. The predicted molar refractivity (Wildman–Crippen MR) is 74.2 cm³/mol. The van der Waals surface area contributed by atoms with Gasteiger partial charge in [-0.25, -0.2) is 0 Å². The molecule has 0 aromatic heterocycles. The summed E-state index contributed by atoms with van der Waals surface area (Å²) >= 11 is 6.00. The van der Waals surface area contributed by atoms with Gasteiger partial charge in [0, 0.05) is 17.0 Å². The van der Waals surface area contributed by atoms with Crippen LogP contribution in [0.25, 0.3) is 0 Å². The Morgan fingerprint density at radius 2 is 2.22 bits per heavy atom.